The minimum atomic E-state index is -0.871. The van der Waals surface area contributed by atoms with Crippen LogP contribution in [0.5, 0.6) is 0 Å². The molecule has 3 rings (SSSR count). The lowest BCUT2D eigenvalue weighted by Gasteiger charge is -2.12. The number of hydrogen-bond acceptors (Lipinski definition) is 2. The monoisotopic (exact) mass is 328 g/mol. The number of carbonyl (C=O) groups is 1. The molecule has 0 fully saturated rings. The van der Waals surface area contributed by atoms with Gasteiger partial charge in [-0.25, -0.2) is 8.78 Å². The Morgan fingerprint density at radius 2 is 1.88 bits per heavy atom. The van der Waals surface area contributed by atoms with Gasteiger partial charge in [0.2, 0.25) is 5.91 Å². The molecule has 2 aromatic carbocycles. The molecule has 0 saturated heterocycles. The summed E-state index contributed by atoms with van der Waals surface area (Å²) in [5.74, 6) is -2.17. The number of nitrogens with one attached hydrogen (secondary N) is 1. The Hall–Kier alpha value is -3.02. The number of nitrogens with zero attached hydrogens (tertiary/aromatic N) is 1. The van der Waals surface area contributed by atoms with E-state index in [1.807, 2.05) is 12.1 Å². The molecule has 122 valence electrons. The van der Waals surface area contributed by atoms with E-state index < -0.39 is 17.5 Å². The van der Waals surface area contributed by atoms with Crippen LogP contribution in [-0.2, 0) is 11.3 Å². The fourth-order valence-corrected chi connectivity index (χ4v) is 2.55. The first-order valence-corrected chi connectivity index (χ1v) is 7.30. The van der Waals surface area contributed by atoms with Crippen LogP contribution >= 0.6 is 0 Å². The first-order valence-electron chi connectivity index (χ1n) is 7.30. The predicted octanol–water partition coefficient (Wildman–Crippen LogP) is 3.23. The third kappa shape index (κ3) is 3.03. The minimum Gasteiger partial charge on any atom is -0.322 e. The van der Waals surface area contributed by atoms with Crippen LogP contribution in [0, 0.1) is 18.6 Å². The smallest absolute Gasteiger partial charge is 0.254 e. The van der Waals surface area contributed by atoms with Crippen molar-refractivity contribution in [2.75, 3.05) is 5.32 Å². The molecular formula is C18H14F2N2O2. The average Bonchev–Trinajstić information content (AvgIpc) is 2.54. The van der Waals surface area contributed by atoms with Gasteiger partial charge in [0, 0.05) is 11.6 Å². The van der Waals surface area contributed by atoms with Gasteiger partial charge in [0.1, 0.15) is 18.2 Å². The Labute approximate surface area is 136 Å². The fraction of sp³-hybridized carbons (Fsp3) is 0.111. The minimum absolute atomic E-state index is 0.133. The number of fused-ring (bicyclic) bond motifs is 1. The Kier molecular flexibility index (Phi) is 4.12. The van der Waals surface area contributed by atoms with E-state index in [0.717, 1.165) is 17.5 Å². The lowest BCUT2D eigenvalue weighted by molar-refractivity contribution is -0.116. The summed E-state index contributed by atoms with van der Waals surface area (Å²) in [6, 6.07) is 11.8. The fourth-order valence-electron chi connectivity index (χ4n) is 2.55. The molecule has 0 unspecified atom stereocenters. The number of aromatic nitrogens is 1. The number of para-hydroxylation sites is 1. The van der Waals surface area contributed by atoms with Crippen LogP contribution < -0.4 is 10.9 Å². The van der Waals surface area contributed by atoms with E-state index in [9.17, 15) is 18.4 Å². The number of anilines is 1. The highest BCUT2D eigenvalue weighted by Crippen LogP contribution is 2.16. The molecule has 24 heavy (non-hydrogen) atoms. The van der Waals surface area contributed by atoms with Crippen molar-refractivity contribution in [2.24, 2.45) is 0 Å². The van der Waals surface area contributed by atoms with Crippen LogP contribution in [0.3, 0.4) is 0 Å². The van der Waals surface area contributed by atoms with Gasteiger partial charge in [0.15, 0.2) is 0 Å². The maximum Gasteiger partial charge on any atom is 0.254 e. The summed E-state index contributed by atoms with van der Waals surface area (Å²) in [6.07, 6.45) is 0. The number of amides is 1. The van der Waals surface area contributed by atoms with Gasteiger partial charge in [-0.15, -0.1) is 0 Å². The summed E-state index contributed by atoms with van der Waals surface area (Å²) >= 11 is 0. The van der Waals surface area contributed by atoms with E-state index in [4.69, 9.17) is 0 Å². The van der Waals surface area contributed by atoms with E-state index in [1.165, 1.54) is 4.57 Å². The second-order valence-corrected chi connectivity index (χ2v) is 5.45. The molecule has 0 aliphatic carbocycles. The third-order valence-corrected chi connectivity index (χ3v) is 3.69. The molecule has 0 aliphatic rings. The van der Waals surface area contributed by atoms with Crippen LogP contribution in [0.2, 0.25) is 0 Å². The maximum atomic E-state index is 13.6. The first kappa shape index (κ1) is 15.9. The van der Waals surface area contributed by atoms with Crippen molar-refractivity contribution in [1.82, 2.24) is 4.57 Å². The molecule has 0 aliphatic heterocycles. The third-order valence-electron chi connectivity index (χ3n) is 3.69. The molecule has 0 spiro atoms. The number of aryl methyl sites for hydroxylation is 1. The summed E-state index contributed by atoms with van der Waals surface area (Å²) in [5.41, 5.74) is 0.701. The van der Waals surface area contributed by atoms with Gasteiger partial charge in [-0.2, -0.15) is 0 Å². The van der Waals surface area contributed by atoms with Crippen molar-refractivity contribution < 1.29 is 13.6 Å². The van der Waals surface area contributed by atoms with Crippen LogP contribution in [0.25, 0.3) is 10.9 Å². The molecule has 6 heteroatoms. The van der Waals surface area contributed by atoms with Crippen LogP contribution in [0.1, 0.15) is 5.56 Å². The maximum absolute atomic E-state index is 13.6. The molecule has 3 aromatic rings. The Morgan fingerprint density at radius 1 is 1.12 bits per heavy atom. The van der Waals surface area contributed by atoms with Crippen LogP contribution in [0.4, 0.5) is 14.5 Å². The van der Waals surface area contributed by atoms with Gasteiger partial charge in [-0.1, -0.05) is 18.2 Å². The van der Waals surface area contributed by atoms with E-state index in [2.05, 4.69) is 5.32 Å². The summed E-state index contributed by atoms with van der Waals surface area (Å²) in [6.45, 7) is 1.40. The van der Waals surface area contributed by atoms with Gasteiger partial charge >= 0.3 is 0 Å². The number of carbonyl (C=O) groups excluding carboxylic acids is 1. The van der Waals surface area contributed by atoms with Gasteiger partial charge < -0.3 is 5.32 Å². The van der Waals surface area contributed by atoms with E-state index in [1.54, 1.807) is 25.1 Å². The van der Waals surface area contributed by atoms with Crippen molar-refractivity contribution in [3.8, 4) is 0 Å². The van der Waals surface area contributed by atoms with Crippen molar-refractivity contribution in [1.29, 1.82) is 0 Å². The van der Waals surface area contributed by atoms with E-state index in [-0.39, 0.29) is 17.8 Å². The normalized spacial score (nSPS) is 10.8. The van der Waals surface area contributed by atoms with E-state index >= 15 is 0 Å². The number of benzene rings is 2. The molecule has 1 aromatic heterocycles. The van der Waals surface area contributed by atoms with Crippen molar-refractivity contribution in [3.63, 3.8) is 0 Å². The molecule has 4 nitrogen and oxygen atoms in total. The summed E-state index contributed by atoms with van der Waals surface area (Å²) in [4.78, 5) is 24.5. The molecule has 0 radical (unpaired) electrons. The van der Waals surface area contributed by atoms with Gasteiger partial charge in [0.25, 0.3) is 5.56 Å². The van der Waals surface area contributed by atoms with Gasteiger partial charge in [-0.3, -0.25) is 14.2 Å². The highest BCUT2D eigenvalue weighted by Gasteiger charge is 2.12. The Balaban J connectivity index is 1.93. The second-order valence-electron chi connectivity index (χ2n) is 5.45. The molecule has 0 atom stereocenters. The van der Waals surface area contributed by atoms with Crippen molar-refractivity contribution >= 4 is 22.5 Å². The molecule has 1 N–H and O–H groups in total. The predicted molar refractivity (Wildman–Crippen MR) is 87.9 cm³/mol. The second kappa shape index (κ2) is 6.23. The largest absolute Gasteiger partial charge is 0.322 e. The van der Waals surface area contributed by atoms with Crippen molar-refractivity contribution in [3.05, 3.63) is 76.1 Å². The lowest BCUT2D eigenvalue weighted by atomic mass is 10.1. The molecule has 0 bridgehead atoms. The highest BCUT2D eigenvalue weighted by atomic mass is 19.1. The number of pyridine rings is 1. The summed E-state index contributed by atoms with van der Waals surface area (Å²) in [5, 5.41) is 3.19. The topological polar surface area (TPSA) is 51.1 Å². The molecular weight excluding hydrogens is 314 g/mol. The molecule has 1 amide bonds. The Bertz CT molecular complexity index is 996. The SMILES string of the molecule is Cc1cc2ccccc2n(CC(=O)Nc2ccc(F)cc2F)c1=O. The van der Waals surface area contributed by atoms with E-state index in [0.29, 0.717) is 17.1 Å². The number of halogens is 2. The summed E-state index contributed by atoms with van der Waals surface area (Å²) < 4.78 is 27.9. The van der Waals surface area contributed by atoms with Crippen LogP contribution in [0.15, 0.2) is 53.3 Å². The number of rotatable bonds is 3. The van der Waals surface area contributed by atoms with Gasteiger partial charge in [0.05, 0.1) is 11.2 Å². The molecule has 1 heterocycles. The molecule has 0 saturated carbocycles. The zero-order chi connectivity index (χ0) is 17.3. The zero-order valence-electron chi connectivity index (χ0n) is 12.8. The van der Waals surface area contributed by atoms with Crippen LogP contribution in [-0.4, -0.2) is 10.5 Å². The van der Waals surface area contributed by atoms with Crippen molar-refractivity contribution in [2.45, 2.75) is 13.5 Å². The Morgan fingerprint density at radius 3 is 2.62 bits per heavy atom. The highest BCUT2D eigenvalue weighted by molar-refractivity contribution is 5.92. The first-order chi connectivity index (χ1) is 11.5. The summed E-state index contributed by atoms with van der Waals surface area (Å²) in [7, 11) is 0. The standard InChI is InChI=1S/C18H14F2N2O2/c1-11-8-12-4-2-3-5-16(12)22(18(11)24)10-17(23)21-15-7-6-13(19)9-14(15)20/h2-9H,10H2,1H3,(H,21,23). The average molecular weight is 328 g/mol. The zero-order valence-corrected chi connectivity index (χ0v) is 12.8. The lowest BCUT2D eigenvalue weighted by Crippen LogP contribution is -2.29. The number of hydrogen-bond donors (Lipinski definition) is 1. The van der Waals surface area contributed by atoms with Gasteiger partial charge in [-0.05, 0) is 36.6 Å². The quantitative estimate of drug-likeness (QED) is 0.802.